The summed E-state index contributed by atoms with van der Waals surface area (Å²) in [5.41, 5.74) is 6.65. The standard InChI is InChI=1S/C36H29ClN4O/c37-36-38-33-32(22-21-28-13-5-1-6-14-28)25-41(27-42-26-31-19-11-4-12-20-31)34(33)35(39-36)40(23-29-15-7-2-8-16-29)24-30-17-9-3-10-18-30/h1-20,25H,23-24,26-27H2. The molecule has 0 aliphatic heterocycles. The van der Waals surface area contributed by atoms with E-state index in [1.165, 1.54) is 11.1 Å². The number of aromatic nitrogens is 3. The first-order valence-corrected chi connectivity index (χ1v) is 14.2. The van der Waals surface area contributed by atoms with E-state index >= 15 is 0 Å². The van der Waals surface area contributed by atoms with Gasteiger partial charge in [-0.2, -0.15) is 4.98 Å². The number of anilines is 1. The van der Waals surface area contributed by atoms with Crippen LogP contribution in [0.5, 0.6) is 0 Å². The van der Waals surface area contributed by atoms with E-state index in [4.69, 9.17) is 21.3 Å². The molecular formula is C36H29ClN4O. The van der Waals surface area contributed by atoms with Gasteiger partial charge in [0.1, 0.15) is 17.8 Å². The van der Waals surface area contributed by atoms with Gasteiger partial charge in [-0.25, -0.2) is 4.98 Å². The number of hydrogen-bond donors (Lipinski definition) is 0. The largest absolute Gasteiger partial charge is 0.356 e. The van der Waals surface area contributed by atoms with Crippen LogP contribution < -0.4 is 4.90 Å². The number of ether oxygens (including phenoxy) is 1. The fraction of sp³-hybridized carbons (Fsp3) is 0.111. The molecule has 5 nitrogen and oxygen atoms in total. The topological polar surface area (TPSA) is 43.2 Å². The third-order valence-electron chi connectivity index (χ3n) is 6.85. The predicted octanol–water partition coefficient (Wildman–Crippen LogP) is 7.87. The molecule has 0 saturated heterocycles. The van der Waals surface area contributed by atoms with Gasteiger partial charge in [0, 0.05) is 24.8 Å². The van der Waals surface area contributed by atoms with Gasteiger partial charge in [-0.15, -0.1) is 0 Å². The van der Waals surface area contributed by atoms with Gasteiger partial charge in [-0.1, -0.05) is 121 Å². The SMILES string of the molecule is Clc1nc(N(Cc2ccccc2)Cc2ccccc2)c2c(n1)c(C#Cc1ccccc1)cn2COCc1ccccc1. The molecule has 2 aromatic heterocycles. The zero-order valence-corrected chi connectivity index (χ0v) is 23.8. The van der Waals surface area contributed by atoms with Crippen molar-refractivity contribution in [1.29, 1.82) is 0 Å². The number of benzene rings is 4. The van der Waals surface area contributed by atoms with Crippen molar-refractivity contribution in [1.82, 2.24) is 14.5 Å². The smallest absolute Gasteiger partial charge is 0.225 e. The van der Waals surface area contributed by atoms with E-state index in [0.29, 0.717) is 31.9 Å². The molecule has 0 aliphatic rings. The van der Waals surface area contributed by atoms with Crippen molar-refractivity contribution >= 4 is 28.5 Å². The summed E-state index contributed by atoms with van der Waals surface area (Å²) in [7, 11) is 0. The molecule has 206 valence electrons. The molecular weight excluding hydrogens is 540 g/mol. The van der Waals surface area contributed by atoms with Gasteiger partial charge in [0.2, 0.25) is 5.28 Å². The van der Waals surface area contributed by atoms with Crippen molar-refractivity contribution in [3.8, 4) is 11.8 Å². The average Bonchev–Trinajstić information content (AvgIpc) is 3.38. The van der Waals surface area contributed by atoms with Crippen LogP contribution in [0.15, 0.2) is 128 Å². The van der Waals surface area contributed by atoms with Gasteiger partial charge in [-0.3, -0.25) is 0 Å². The summed E-state index contributed by atoms with van der Waals surface area (Å²) in [6.07, 6.45) is 1.99. The van der Waals surface area contributed by atoms with Crippen molar-refractivity contribution in [3.63, 3.8) is 0 Å². The Bertz CT molecular complexity index is 1770. The van der Waals surface area contributed by atoms with Gasteiger partial charge < -0.3 is 14.2 Å². The lowest BCUT2D eigenvalue weighted by Gasteiger charge is -2.25. The van der Waals surface area contributed by atoms with Gasteiger partial charge >= 0.3 is 0 Å². The number of hydrogen-bond acceptors (Lipinski definition) is 4. The summed E-state index contributed by atoms with van der Waals surface area (Å²) in [5.74, 6) is 7.34. The Morgan fingerprint density at radius 3 is 1.81 bits per heavy atom. The number of halogens is 1. The molecule has 6 heteroatoms. The molecule has 4 aromatic carbocycles. The fourth-order valence-corrected chi connectivity index (χ4v) is 5.04. The lowest BCUT2D eigenvalue weighted by atomic mass is 10.1. The van der Waals surface area contributed by atoms with Gasteiger partial charge in [-0.05, 0) is 40.4 Å². The van der Waals surface area contributed by atoms with Crippen LogP contribution in [-0.4, -0.2) is 14.5 Å². The first-order valence-electron chi connectivity index (χ1n) is 13.8. The highest BCUT2D eigenvalue weighted by atomic mass is 35.5. The zero-order valence-electron chi connectivity index (χ0n) is 23.0. The molecule has 0 atom stereocenters. The van der Waals surface area contributed by atoms with Crippen molar-refractivity contribution < 1.29 is 4.74 Å². The highest BCUT2D eigenvalue weighted by Gasteiger charge is 2.21. The van der Waals surface area contributed by atoms with E-state index in [-0.39, 0.29) is 5.28 Å². The second-order valence-corrected chi connectivity index (χ2v) is 10.3. The summed E-state index contributed by atoms with van der Waals surface area (Å²) in [5, 5.41) is 0.175. The summed E-state index contributed by atoms with van der Waals surface area (Å²) in [6, 6.07) is 40.8. The molecule has 2 heterocycles. The zero-order chi connectivity index (χ0) is 28.6. The maximum absolute atomic E-state index is 6.62. The van der Waals surface area contributed by atoms with E-state index in [1.54, 1.807) is 0 Å². The van der Waals surface area contributed by atoms with Gasteiger partial charge in [0.25, 0.3) is 0 Å². The number of nitrogens with zero attached hydrogens (tertiary/aromatic N) is 4. The molecule has 0 spiro atoms. The molecule has 0 N–H and O–H groups in total. The van der Waals surface area contributed by atoms with Crippen LogP contribution in [0, 0.1) is 11.8 Å². The summed E-state index contributed by atoms with van der Waals surface area (Å²) in [4.78, 5) is 11.7. The van der Waals surface area contributed by atoms with Crippen LogP contribution in [0.4, 0.5) is 5.82 Å². The molecule has 6 rings (SSSR count). The van der Waals surface area contributed by atoms with Crippen LogP contribution in [-0.2, 0) is 31.2 Å². The summed E-state index contributed by atoms with van der Waals surface area (Å²) < 4.78 is 8.24. The Morgan fingerprint density at radius 1 is 0.667 bits per heavy atom. The van der Waals surface area contributed by atoms with Crippen LogP contribution in [0.2, 0.25) is 5.28 Å². The molecule has 0 unspecified atom stereocenters. The maximum Gasteiger partial charge on any atom is 0.225 e. The maximum atomic E-state index is 6.62. The Morgan fingerprint density at radius 2 is 1.21 bits per heavy atom. The molecule has 0 bridgehead atoms. The van der Waals surface area contributed by atoms with Crippen molar-refractivity contribution in [2.75, 3.05) is 4.90 Å². The second kappa shape index (κ2) is 13.2. The first kappa shape index (κ1) is 27.3. The molecule has 6 aromatic rings. The van der Waals surface area contributed by atoms with Crippen molar-refractivity contribution in [2.24, 2.45) is 0 Å². The minimum atomic E-state index is 0.175. The van der Waals surface area contributed by atoms with E-state index in [9.17, 15) is 0 Å². The van der Waals surface area contributed by atoms with E-state index < -0.39 is 0 Å². The highest BCUT2D eigenvalue weighted by Crippen LogP contribution is 2.31. The van der Waals surface area contributed by atoms with Crippen molar-refractivity contribution in [2.45, 2.75) is 26.4 Å². The van der Waals surface area contributed by atoms with E-state index in [2.05, 4.69) is 82.4 Å². The quantitative estimate of drug-likeness (QED) is 0.131. The minimum Gasteiger partial charge on any atom is -0.356 e. The lowest BCUT2D eigenvalue weighted by Crippen LogP contribution is -2.24. The monoisotopic (exact) mass is 568 g/mol. The number of fused-ring (bicyclic) bond motifs is 1. The average molecular weight is 569 g/mol. The third-order valence-corrected chi connectivity index (χ3v) is 7.02. The highest BCUT2D eigenvalue weighted by molar-refractivity contribution is 6.28. The molecule has 0 saturated carbocycles. The lowest BCUT2D eigenvalue weighted by molar-refractivity contribution is 0.0667. The van der Waals surface area contributed by atoms with Crippen LogP contribution in [0.1, 0.15) is 27.8 Å². The molecule has 0 radical (unpaired) electrons. The Labute approximate surface area is 251 Å². The molecule has 0 fully saturated rings. The van der Waals surface area contributed by atoms with E-state index in [0.717, 1.165) is 28.0 Å². The van der Waals surface area contributed by atoms with E-state index in [1.807, 2.05) is 71.4 Å². The first-order chi connectivity index (χ1) is 20.7. The van der Waals surface area contributed by atoms with Gasteiger partial charge in [0.05, 0.1) is 12.2 Å². The van der Waals surface area contributed by atoms with Gasteiger partial charge in [0.15, 0.2) is 5.82 Å². The second-order valence-electron chi connectivity index (χ2n) is 9.93. The fourth-order valence-electron chi connectivity index (χ4n) is 4.87. The molecule has 42 heavy (non-hydrogen) atoms. The normalized spacial score (nSPS) is 10.8. The summed E-state index contributed by atoms with van der Waals surface area (Å²) >= 11 is 6.62. The minimum absolute atomic E-state index is 0.175. The molecule has 0 aliphatic carbocycles. The Hall–Kier alpha value is -4.89. The van der Waals surface area contributed by atoms with Crippen LogP contribution >= 0.6 is 11.6 Å². The summed E-state index contributed by atoms with van der Waals surface area (Å²) in [6.45, 7) is 2.06. The predicted molar refractivity (Wildman–Crippen MR) is 169 cm³/mol. The Balaban J connectivity index is 1.45. The third kappa shape index (κ3) is 6.70. The van der Waals surface area contributed by atoms with Crippen LogP contribution in [0.3, 0.4) is 0 Å². The van der Waals surface area contributed by atoms with Crippen LogP contribution in [0.25, 0.3) is 11.0 Å². The molecule has 0 amide bonds. The van der Waals surface area contributed by atoms with Crippen molar-refractivity contribution in [3.05, 3.63) is 161 Å². The Kier molecular flexibility index (Phi) is 8.56. The number of rotatable bonds is 9.